The van der Waals surface area contributed by atoms with E-state index in [4.69, 9.17) is 0 Å². The molecule has 8 nitrogen and oxygen atoms in total. The predicted octanol–water partition coefficient (Wildman–Crippen LogP) is 0.189. The van der Waals surface area contributed by atoms with Crippen molar-refractivity contribution < 1.29 is 4.79 Å². The summed E-state index contributed by atoms with van der Waals surface area (Å²) in [5.74, 6) is 0.424. The third-order valence-corrected chi connectivity index (χ3v) is 4.80. The fourth-order valence-corrected chi connectivity index (χ4v) is 3.27. The van der Waals surface area contributed by atoms with Crippen LogP contribution in [0.1, 0.15) is 26.7 Å². The van der Waals surface area contributed by atoms with Crippen LogP contribution in [0.15, 0.2) is 29.1 Å². The maximum atomic E-state index is 12.3. The van der Waals surface area contributed by atoms with E-state index in [-0.39, 0.29) is 11.5 Å². The van der Waals surface area contributed by atoms with Gasteiger partial charge in [0.1, 0.15) is 5.52 Å². The van der Waals surface area contributed by atoms with Gasteiger partial charge in [-0.1, -0.05) is 17.3 Å². The van der Waals surface area contributed by atoms with Crippen LogP contribution in [-0.2, 0) is 11.3 Å². The van der Waals surface area contributed by atoms with Crippen LogP contribution in [0.4, 0.5) is 0 Å². The quantitative estimate of drug-likeness (QED) is 0.692. The van der Waals surface area contributed by atoms with Crippen molar-refractivity contribution >= 4 is 16.8 Å². The van der Waals surface area contributed by atoms with Crippen LogP contribution < -0.4 is 21.7 Å². The number of hydrogen-bond acceptors (Lipinski definition) is 6. The molecule has 25 heavy (non-hydrogen) atoms. The molecule has 0 radical (unpaired) electrons. The normalized spacial score (nSPS) is 23.0. The first-order chi connectivity index (χ1) is 12.1. The second kappa shape index (κ2) is 7.71. The molecule has 1 aromatic carbocycles. The third kappa shape index (κ3) is 4.02. The van der Waals surface area contributed by atoms with E-state index in [1.165, 1.54) is 4.68 Å². The van der Waals surface area contributed by atoms with Gasteiger partial charge in [-0.05, 0) is 38.3 Å². The Morgan fingerprint density at radius 2 is 1.96 bits per heavy atom. The van der Waals surface area contributed by atoms with Gasteiger partial charge >= 0.3 is 0 Å². The Balaban J connectivity index is 1.49. The van der Waals surface area contributed by atoms with Gasteiger partial charge in [0.05, 0.1) is 11.9 Å². The minimum absolute atomic E-state index is 0.00639. The fraction of sp³-hybridized carbons (Fsp3) is 0.529. The fourth-order valence-electron chi connectivity index (χ4n) is 3.27. The molecular weight excluding hydrogens is 320 g/mol. The van der Waals surface area contributed by atoms with E-state index in [0.717, 1.165) is 6.42 Å². The first-order valence-corrected chi connectivity index (χ1v) is 8.66. The number of benzene rings is 1. The molecule has 8 heteroatoms. The molecule has 2 unspecified atom stereocenters. The molecule has 2 atom stereocenters. The molecule has 1 aromatic heterocycles. The second-order valence-electron chi connectivity index (χ2n) is 6.55. The van der Waals surface area contributed by atoms with Crippen molar-refractivity contribution in [3.05, 3.63) is 34.6 Å². The molecule has 0 saturated carbocycles. The Hall–Kier alpha value is -2.32. The van der Waals surface area contributed by atoms with Crippen LogP contribution in [0.5, 0.6) is 0 Å². The number of nitrogens with one attached hydrogen (secondary N) is 3. The lowest BCUT2D eigenvalue weighted by atomic mass is 9.91. The molecule has 3 rings (SSSR count). The summed E-state index contributed by atoms with van der Waals surface area (Å²) in [6.07, 6.45) is 1.30. The van der Waals surface area contributed by atoms with Crippen LogP contribution in [0.3, 0.4) is 0 Å². The summed E-state index contributed by atoms with van der Waals surface area (Å²) < 4.78 is 1.29. The largest absolute Gasteiger partial charge is 0.354 e. The zero-order valence-electron chi connectivity index (χ0n) is 14.5. The van der Waals surface area contributed by atoms with Gasteiger partial charge in [-0.25, -0.2) is 4.68 Å². The van der Waals surface area contributed by atoms with E-state index in [0.29, 0.717) is 48.4 Å². The van der Waals surface area contributed by atoms with Crippen LogP contribution in [-0.4, -0.2) is 39.5 Å². The topological polar surface area (TPSA) is 101 Å². The van der Waals surface area contributed by atoms with Crippen LogP contribution in [0.25, 0.3) is 10.9 Å². The van der Waals surface area contributed by atoms with Gasteiger partial charge in [-0.2, -0.15) is 0 Å². The average molecular weight is 344 g/mol. The summed E-state index contributed by atoms with van der Waals surface area (Å²) >= 11 is 0. The zero-order chi connectivity index (χ0) is 17.8. The Bertz CT molecular complexity index is 795. The van der Waals surface area contributed by atoms with Gasteiger partial charge in [0.25, 0.3) is 5.56 Å². The molecule has 0 aliphatic carbocycles. The number of carbonyl (C=O) groups excluding carboxylic acids is 1. The SMILES string of the molecule is CC1NNC(C)C1CCC(=O)NCCn1nnc2ccccc2c1=O. The Morgan fingerprint density at radius 3 is 2.72 bits per heavy atom. The van der Waals surface area contributed by atoms with Crippen LogP contribution >= 0.6 is 0 Å². The van der Waals surface area contributed by atoms with E-state index >= 15 is 0 Å². The standard InChI is InChI=1S/C17H24N6O2/c1-11-13(12(2)20-19-11)7-8-16(24)18-9-10-23-17(25)14-5-3-4-6-15(14)21-22-23/h3-6,11-13,19-20H,7-10H2,1-2H3,(H,18,24). The van der Waals surface area contributed by atoms with Gasteiger partial charge in [-0.15, -0.1) is 5.10 Å². The van der Waals surface area contributed by atoms with E-state index in [1.54, 1.807) is 18.2 Å². The number of hydrazine groups is 1. The molecule has 2 aromatic rings. The first-order valence-electron chi connectivity index (χ1n) is 8.66. The highest BCUT2D eigenvalue weighted by Crippen LogP contribution is 2.19. The second-order valence-corrected chi connectivity index (χ2v) is 6.55. The molecule has 1 fully saturated rings. The van der Waals surface area contributed by atoms with Gasteiger partial charge in [0.15, 0.2) is 0 Å². The lowest BCUT2D eigenvalue weighted by molar-refractivity contribution is -0.121. The molecular formula is C17H24N6O2. The summed E-state index contributed by atoms with van der Waals surface area (Å²) in [5.41, 5.74) is 6.78. The molecule has 3 N–H and O–H groups in total. The molecule has 0 spiro atoms. The average Bonchev–Trinajstić information content (AvgIpc) is 2.93. The molecule has 1 aliphatic rings. The monoisotopic (exact) mass is 344 g/mol. The minimum atomic E-state index is -0.189. The molecule has 1 amide bonds. The highest BCUT2D eigenvalue weighted by molar-refractivity contribution is 5.76. The molecule has 0 bridgehead atoms. The molecule has 1 saturated heterocycles. The van der Waals surface area contributed by atoms with Crippen molar-refractivity contribution in [3.63, 3.8) is 0 Å². The highest BCUT2D eigenvalue weighted by Gasteiger charge is 2.29. The van der Waals surface area contributed by atoms with E-state index in [1.807, 2.05) is 6.07 Å². The van der Waals surface area contributed by atoms with Crippen molar-refractivity contribution in [1.82, 2.24) is 31.2 Å². The summed E-state index contributed by atoms with van der Waals surface area (Å²) in [7, 11) is 0. The maximum Gasteiger partial charge on any atom is 0.277 e. The van der Waals surface area contributed by atoms with E-state index in [9.17, 15) is 9.59 Å². The Morgan fingerprint density at radius 1 is 1.24 bits per heavy atom. The minimum Gasteiger partial charge on any atom is -0.354 e. The zero-order valence-corrected chi connectivity index (χ0v) is 14.5. The number of carbonyl (C=O) groups is 1. The molecule has 134 valence electrons. The molecule has 2 heterocycles. The number of nitrogens with zero attached hydrogens (tertiary/aromatic N) is 3. The van der Waals surface area contributed by atoms with Gasteiger partial charge in [-0.3, -0.25) is 20.4 Å². The smallest absolute Gasteiger partial charge is 0.277 e. The lowest BCUT2D eigenvalue weighted by Gasteiger charge is -2.17. The number of amides is 1. The number of fused-ring (bicyclic) bond motifs is 1. The molecule has 1 aliphatic heterocycles. The maximum absolute atomic E-state index is 12.3. The Labute approximate surface area is 146 Å². The van der Waals surface area contributed by atoms with Gasteiger partial charge in [0, 0.05) is 25.0 Å². The summed E-state index contributed by atoms with van der Waals surface area (Å²) in [6, 6.07) is 7.81. The number of rotatable bonds is 6. The highest BCUT2D eigenvalue weighted by atomic mass is 16.1. The van der Waals surface area contributed by atoms with Crippen molar-refractivity contribution in [2.75, 3.05) is 6.54 Å². The lowest BCUT2D eigenvalue weighted by Crippen LogP contribution is -2.33. The van der Waals surface area contributed by atoms with Crippen molar-refractivity contribution in [2.24, 2.45) is 5.92 Å². The summed E-state index contributed by atoms with van der Waals surface area (Å²) in [5, 5.41) is 11.3. The summed E-state index contributed by atoms with van der Waals surface area (Å²) in [6.45, 7) is 4.90. The van der Waals surface area contributed by atoms with Crippen molar-refractivity contribution in [3.8, 4) is 0 Å². The van der Waals surface area contributed by atoms with Gasteiger partial charge < -0.3 is 5.32 Å². The van der Waals surface area contributed by atoms with Crippen molar-refractivity contribution in [2.45, 2.75) is 45.3 Å². The predicted molar refractivity (Wildman–Crippen MR) is 94.7 cm³/mol. The van der Waals surface area contributed by atoms with E-state index in [2.05, 4.69) is 40.3 Å². The third-order valence-electron chi connectivity index (χ3n) is 4.80. The Kier molecular flexibility index (Phi) is 5.40. The number of hydrogen-bond donors (Lipinski definition) is 3. The van der Waals surface area contributed by atoms with Crippen LogP contribution in [0.2, 0.25) is 0 Å². The first kappa shape index (κ1) is 17.5. The number of aromatic nitrogens is 3. The summed E-state index contributed by atoms with van der Waals surface area (Å²) in [4.78, 5) is 24.3. The van der Waals surface area contributed by atoms with Crippen LogP contribution in [0, 0.1) is 5.92 Å². The van der Waals surface area contributed by atoms with Gasteiger partial charge in [0.2, 0.25) is 5.91 Å². The van der Waals surface area contributed by atoms with E-state index < -0.39 is 0 Å². The van der Waals surface area contributed by atoms with Crippen molar-refractivity contribution in [1.29, 1.82) is 0 Å².